The Balaban J connectivity index is 1.36. The Kier molecular flexibility index (Phi) is 7.88. The third-order valence-corrected chi connectivity index (χ3v) is 8.50. The molecule has 0 bridgehead atoms. The van der Waals surface area contributed by atoms with Crippen molar-refractivity contribution in [3.63, 3.8) is 0 Å². The van der Waals surface area contributed by atoms with Crippen molar-refractivity contribution >= 4 is 21.6 Å². The van der Waals surface area contributed by atoms with Gasteiger partial charge in [-0.15, -0.1) is 0 Å². The quantitative estimate of drug-likeness (QED) is 0.646. The lowest BCUT2D eigenvalue weighted by molar-refractivity contribution is -0.133. The average Bonchev–Trinajstić information content (AvgIpc) is 2.86. The molecule has 2 saturated heterocycles. The summed E-state index contributed by atoms with van der Waals surface area (Å²) in [6, 6.07) is 15.2. The Bertz CT molecular complexity index is 1080. The zero-order chi connectivity index (χ0) is 24.1. The lowest BCUT2D eigenvalue weighted by atomic mass is 10.1. The lowest BCUT2D eigenvalue weighted by Crippen LogP contribution is -2.51. The van der Waals surface area contributed by atoms with Crippen molar-refractivity contribution in [1.29, 1.82) is 0 Å². The van der Waals surface area contributed by atoms with Gasteiger partial charge in [-0.2, -0.15) is 4.31 Å². The van der Waals surface area contributed by atoms with Crippen LogP contribution in [0.1, 0.15) is 18.1 Å². The summed E-state index contributed by atoms with van der Waals surface area (Å²) >= 11 is 0. The maximum absolute atomic E-state index is 13.2. The number of piperazine rings is 1. The van der Waals surface area contributed by atoms with Gasteiger partial charge in [0, 0.05) is 51.5 Å². The van der Waals surface area contributed by atoms with Crippen LogP contribution in [0.25, 0.3) is 0 Å². The molecule has 1 N–H and O–H groups in total. The van der Waals surface area contributed by atoms with E-state index in [2.05, 4.69) is 22.3 Å². The van der Waals surface area contributed by atoms with Crippen molar-refractivity contribution in [2.45, 2.75) is 31.3 Å². The molecule has 2 fully saturated rings. The monoisotopic (exact) mass is 486 g/mol. The zero-order valence-corrected chi connectivity index (χ0v) is 20.8. The minimum absolute atomic E-state index is 0.0255. The number of nitrogens with zero attached hydrogens (tertiary/aromatic N) is 3. The Morgan fingerprint density at radius 3 is 2.35 bits per heavy atom. The fourth-order valence-electron chi connectivity index (χ4n) is 4.45. The van der Waals surface area contributed by atoms with Crippen LogP contribution in [0, 0.1) is 6.92 Å². The Morgan fingerprint density at radius 1 is 1.00 bits per heavy atom. The summed E-state index contributed by atoms with van der Waals surface area (Å²) in [5, 5.41) is 3.22. The van der Waals surface area contributed by atoms with E-state index in [9.17, 15) is 13.2 Å². The molecule has 2 heterocycles. The number of carbonyl (C=O) groups excluding carboxylic acids is 1. The summed E-state index contributed by atoms with van der Waals surface area (Å²) in [5.74, 6) is 0.0255. The van der Waals surface area contributed by atoms with E-state index < -0.39 is 16.1 Å². The smallest absolute Gasteiger partial charge is 0.244 e. The second-order valence-corrected chi connectivity index (χ2v) is 10.9. The summed E-state index contributed by atoms with van der Waals surface area (Å²) in [5.41, 5.74) is 2.59. The molecule has 1 atom stereocenters. The number of benzene rings is 2. The minimum Gasteiger partial charge on any atom is -0.379 e. The van der Waals surface area contributed by atoms with Crippen molar-refractivity contribution in [1.82, 2.24) is 14.1 Å². The van der Waals surface area contributed by atoms with Crippen LogP contribution in [0.3, 0.4) is 0 Å². The number of anilines is 1. The summed E-state index contributed by atoms with van der Waals surface area (Å²) in [7, 11) is -3.61. The van der Waals surface area contributed by atoms with Crippen molar-refractivity contribution in [2.24, 2.45) is 0 Å². The van der Waals surface area contributed by atoms with Gasteiger partial charge in [-0.1, -0.05) is 36.4 Å². The highest BCUT2D eigenvalue weighted by molar-refractivity contribution is 7.89. The van der Waals surface area contributed by atoms with Gasteiger partial charge in [0.2, 0.25) is 15.9 Å². The van der Waals surface area contributed by atoms with Gasteiger partial charge in [0.1, 0.15) is 6.04 Å². The van der Waals surface area contributed by atoms with Crippen LogP contribution in [-0.2, 0) is 26.1 Å². The van der Waals surface area contributed by atoms with E-state index in [-0.39, 0.29) is 10.8 Å². The van der Waals surface area contributed by atoms with Gasteiger partial charge >= 0.3 is 0 Å². The summed E-state index contributed by atoms with van der Waals surface area (Å²) < 4.78 is 33.1. The molecule has 8 nitrogen and oxygen atoms in total. The number of rotatable bonds is 7. The van der Waals surface area contributed by atoms with E-state index in [1.165, 1.54) is 9.87 Å². The van der Waals surface area contributed by atoms with Gasteiger partial charge in [-0.25, -0.2) is 8.42 Å². The minimum atomic E-state index is -3.61. The molecule has 2 aliphatic heterocycles. The van der Waals surface area contributed by atoms with Crippen molar-refractivity contribution < 1.29 is 17.9 Å². The highest BCUT2D eigenvalue weighted by Crippen LogP contribution is 2.25. The largest absolute Gasteiger partial charge is 0.379 e. The predicted octanol–water partition coefficient (Wildman–Crippen LogP) is 2.16. The summed E-state index contributed by atoms with van der Waals surface area (Å²) in [6.45, 7) is 9.05. The predicted molar refractivity (Wildman–Crippen MR) is 132 cm³/mol. The molecule has 4 rings (SSSR count). The zero-order valence-electron chi connectivity index (χ0n) is 19.9. The van der Waals surface area contributed by atoms with Crippen LogP contribution >= 0.6 is 0 Å². The van der Waals surface area contributed by atoms with Crippen molar-refractivity contribution in [3.05, 3.63) is 59.7 Å². The standard InChI is InChI=1S/C25H34N4O4S/c1-20-8-9-23(18-24(20)34(31,32)29-14-16-33-17-15-29)26-21(2)25(30)28-12-10-27(11-13-28)19-22-6-4-3-5-7-22/h3-9,18,21,26H,10-17,19H2,1-2H3/t21-/m1/s1. The molecule has 0 saturated carbocycles. The number of ether oxygens (including phenoxy) is 1. The van der Waals surface area contributed by atoms with Gasteiger partial charge in [-0.3, -0.25) is 9.69 Å². The van der Waals surface area contributed by atoms with Crippen molar-refractivity contribution in [3.8, 4) is 0 Å². The van der Waals surface area contributed by atoms with E-state index >= 15 is 0 Å². The number of nitrogens with one attached hydrogen (secondary N) is 1. The molecule has 2 aliphatic rings. The van der Waals surface area contributed by atoms with Gasteiger partial charge in [-0.05, 0) is 37.1 Å². The molecule has 184 valence electrons. The number of aryl methyl sites for hydroxylation is 1. The number of carbonyl (C=O) groups is 1. The number of amides is 1. The molecule has 0 unspecified atom stereocenters. The van der Waals surface area contributed by atoms with Crippen LogP contribution < -0.4 is 5.32 Å². The molecule has 9 heteroatoms. The molecule has 0 spiro atoms. The Morgan fingerprint density at radius 2 is 1.68 bits per heavy atom. The molecule has 0 radical (unpaired) electrons. The molecule has 0 aromatic heterocycles. The first-order chi connectivity index (χ1) is 16.3. The molecule has 2 aromatic rings. The molecule has 2 aromatic carbocycles. The van der Waals surface area contributed by atoms with E-state index in [1.54, 1.807) is 19.1 Å². The maximum atomic E-state index is 13.2. The maximum Gasteiger partial charge on any atom is 0.244 e. The third kappa shape index (κ3) is 5.78. The van der Waals surface area contributed by atoms with Gasteiger partial charge < -0.3 is 15.0 Å². The van der Waals surface area contributed by atoms with Crippen LogP contribution in [0.2, 0.25) is 0 Å². The number of hydrogen-bond donors (Lipinski definition) is 1. The van der Waals surface area contributed by atoms with Crippen LogP contribution in [0.5, 0.6) is 0 Å². The fraction of sp³-hybridized carbons (Fsp3) is 0.480. The van der Waals surface area contributed by atoms with Gasteiger partial charge in [0.15, 0.2) is 0 Å². The SMILES string of the molecule is Cc1ccc(N[C@H](C)C(=O)N2CCN(Cc3ccccc3)CC2)cc1S(=O)(=O)N1CCOCC1. The highest BCUT2D eigenvalue weighted by Gasteiger charge is 2.29. The first-order valence-electron chi connectivity index (χ1n) is 11.8. The second kappa shape index (κ2) is 10.9. The molecular weight excluding hydrogens is 452 g/mol. The number of hydrogen-bond acceptors (Lipinski definition) is 6. The van der Waals surface area contributed by atoms with E-state index in [0.29, 0.717) is 50.6 Å². The third-order valence-electron chi connectivity index (χ3n) is 6.46. The average molecular weight is 487 g/mol. The van der Waals surface area contributed by atoms with Gasteiger partial charge in [0.25, 0.3) is 0 Å². The Labute approximate surface area is 202 Å². The summed E-state index contributed by atoms with van der Waals surface area (Å²) in [4.78, 5) is 17.6. The fourth-order valence-corrected chi connectivity index (χ4v) is 6.11. The topological polar surface area (TPSA) is 82.2 Å². The number of sulfonamides is 1. The van der Waals surface area contributed by atoms with Crippen LogP contribution in [-0.4, -0.2) is 87.0 Å². The van der Waals surface area contributed by atoms with Crippen molar-refractivity contribution in [2.75, 3.05) is 57.8 Å². The van der Waals surface area contributed by atoms with Gasteiger partial charge in [0.05, 0.1) is 18.1 Å². The normalized spacial score (nSPS) is 19.1. The molecule has 1 amide bonds. The lowest BCUT2D eigenvalue weighted by Gasteiger charge is -2.36. The first-order valence-corrected chi connectivity index (χ1v) is 13.3. The highest BCUT2D eigenvalue weighted by atomic mass is 32.2. The number of morpholine rings is 1. The first kappa shape index (κ1) is 24.7. The van der Waals surface area contributed by atoms with E-state index in [1.807, 2.05) is 36.1 Å². The molecule has 34 heavy (non-hydrogen) atoms. The molecular formula is C25H34N4O4S. The second-order valence-electron chi connectivity index (χ2n) is 8.95. The van der Waals surface area contributed by atoms with E-state index in [4.69, 9.17) is 4.74 Å². The summed E-state index contributed by atoms with van der Waals surface area (Å²) in [6.07, 6.45) is 0. The molecule has 0 aliphatic carbocycles. The Hall–Kier alpha value is -2.46. The van der Waals surface area contributed by atoms with E-state index in [0.717, 1.165) is 19.6 Å². The van der Waals surface area contributed by atoms with Crippen LogP contribution in [0.4, 0.5) is 5.69 Å². The van der Waals surface area contributed by atoms with Crippen LogP contribution in [0.15, 0.2) is 53.4 Å².